The lowest BCUT2D eigenvalue weighted by Crippen LogP contribution is -2.42. The summed E-state index contributed by atoms with van der Waals surface area (Å²) in [5, 5.41) is 3.10. The molecule has 2 aromatic carbocycles. The maximum Gasteiger partial charge on any atom is 0.243 e. The van der Waals surface area contributed by atoms with Crippen molar-refractivity contribution in [1.82, 2.24) is 4.31 Å². The van der Waals surface area contributed by atoms with E-state index in [1.807, 2.05) is 31.2 Å². The lowest BCUT2D eigenvalue weighted by Gasteiger charge is -2.34. The van der Waals surface area contributed by atoms with Gasteiger partial charge in [-0.2, -0.15) is 4.31 Å². The minimum absolute atomic E-state index is 0.0470. The van der Waals surface area contributed by atoms with Gasteiger partial charge in [-0.25, -0.2) is 8.42 Å². The average Bonchev–Trinajstić information content (AvgIpc) is 2.72. The summed E-state index contributed by atoms with van der Waals surface area (Å²) in [6.07, 6.45) is 1.03. The number of hydrogen-bond acceptors (Lipinski definition) is 5. The summed E-state index contributed by atoms with van der Waals surface area (Å²) < 4.78 is 33.4. The quantitative estimate of drug-likeness (QED) is 0.640. The minimum atomic E-state index is -3.62. The summed E-state index contributed by atoms with van der Waals surface area (Å²) in [6.45, 7) is 7.65. The van der Waals surface area contributed by atoms with Gasteiger partial charge in [0.25, 0.3) is 0 Å². The van der Waals surface area contributed by atoms with Gasteiger partial charge < -0.3 is 10.1 Å². The molecule has 1 N–H and O–H groups in total. The third-order valence-corrected chi connectivity index (χ3v) is 7.08. The Balaban J connectivity index is 1.74. The summed E-state index contributed by atoms with van der Waals surface area (Å²) in [5.74, 6) is 1.14. The van der Waals surface area contributed by atoms with Crippen LogP contribution in [0.15, 0.2) is 53.4 Å². The normalized spacial score (nSPS) is 20.0. The number of hydrogen-bond donors (Lipinski definition) is 1. The van der Waals surface area contributed by atoms with E-state index in [-0.39, 0.29) is 17.2 Å². The first-order chi connectivity index (χ1) is 14.3. The van der Waals surface area contributed by atoms with Crippen molar-refractivity contribution in [3.05, 3.63) is 54.1 Å². The number of piperidine rings is 1. The van der Waals surface area contributed by atoms with E-state index in [0.717, 1.165) is 12.1 Å². The molecule has 162 valence electrons. The predicted octanol–water partition coefficient (Wildman–Crippen LogP) is 4.05. The molecule has 0 amide bonds. The van der Waals surface area contributed by atoms with Gasteiger partial charge in [-0.05, 0) is 49.4 Å². The Labute approximate surface area is 179 Å². The molecule has 0 bridgehead atoms. The van der Waals surface area contributed by atoms with Gasteiger partial charge in [0.05, 0.1) is 23.7 Å². The number of anilines is 1. The van der Waals surface area contributed by atoms with Gasteiger partial charge in [-0.15, -0.1) is 0 Å². The molecule has 2 atom stereocenters. The summed E-state index contributed by atoms with van der Waals surface area (Å²) >= 11 is 0. The zero-order chi connectivity index (χ0) is 21.7. The molecule has 0 saturated carbocycles. The Morgan fingerprint density at radius 2 is 1.80 bits per heavy atom. The standard InChI is InChI=1S/C23H30N2O4S/c1-4-29-23-11-6-5-10-21(23)24-14-22(26)19-8-7-9-20(13-19)30(27,28)25-15-17(2)12-18(3)16-25/h5-11,13,17-18,24H,4,12,14-16H2,1-3H3. The fourth-order valence-corrected chi connectivity index (χ4v) is 5.68. The molecule has 3 rings (SSSR count). The SMILES string of the molecule is CCOc1ccccc1NCC(=O)c1cccc(S(=O)(=O)N2CC(C)CC(C)C2)c1. The van der Waals surface area contributed by atoms with Crippen LogP contribution in [-0.2, 0) is 10.0 Å². The molecule has 0 spiro atoms. The number of ketones is 1. The van der Waals surface area contributed by atoms with Crippen LogP contribution in [0, 0.1) is 11.8 Å². The van der Waals surface area contributed by atoms with Gasteiger partial charge >= 0.3 is 0 Å². The molecule has 0 aliphatic carbocycles. The molecule has 30 heavy (non-hydrogen) atoms. The van der Waals surface area contributed by atoms with Crippen LogP contribution < -0.4 is 10.1 Å². The number of Topliss-reactive ketones (excluding diaryl/α,β-unsaturated/α-hetero) is 1. The van der Waals surface area contributed by atoms with Crippen molar-refractivity contribution in [2.45, 2.75) is 32.1 Å². The molecule has 7 heteroatoms. The summed E-state index contributed by atoms with van der Waals surface area (Å²) in [4.78, 5) is 12.9. The van der Waals surface area contributed by atoms with E-state index in [0.29, 0.717) is 42.8 Å². The van der Waals surface area contributed by atoms with Crippen LogP contribution in [0.4, 0.5) is 5.69 Å². The summed E-state index contributed by atoms with van der Waals surface area (Å²) in [5.41, 5.74) is 1.10. The molecule has 6 nitrogen and oxygen atoms in total. The monoisotopic (exact) mass is 430 g/mol. The molecule has 1 heterocycles. The number of carbonyl (C=O) groups is 1. The zero-order valence-corrected chi connectivity index (χ0v) is 18.6. The fraction of sp³-hybridized carbons (Fsp3) is 0.435. The van der Waals surface area contributed by atoms with Crippen LogP contribution in [0.1, 0.15) is 37.6 Å². The van der Waals surface area contributed by atoms with Crippen molar-refractivity contribution < 1.29 is 17.9 Å². The van der Waals surface area contributed by atoms with Crippen molar-refractivity contribution in [3.63, 3.8) is 0 Å². The second-order valence-corrected chi connectivity index (χ2v) is 9.94. The first kappa shape index (κ1) is 22.3. The van der Waals surface area contributed by atoms with Crippen molar-refractivity contribution in [3.8, 4) is 5.75 Å². The van der Waals surface area contributed by atoms with Gasteiger partial charge in [0, 0.05) is 18.7 Å². The van der Waals surface area contributed by atoms with E-state index in [4.69, 9.17) is 4.74 Å². The maximum atomic E-state index is 13.1. The molecule has 0 aromatic heterocycles. The molecule has 1 aliphatic rings. The molecule has 2 unspecified atom stereocenters. The van der Waals surface area contributed by atoms with Crippen LogP contribution >= 0.6 is 0 Å². The third-order valence-electron chi connectivity index (χ3n) is 5.26. The van der Waals surface area contributed by atoms with E-state index in [2.05, 4.69) is 19.2 Å². The number of rotatable bonds is 8. The van der Waals surface area contributed by atoms with Crippen molar-refractivity contribution in [1.29, 1.82) is 0 Å². The molecule has 2 aromatic rings. The van der Waals surface area contributed by atoms with Crippen molar-refractivity contribution in [2.75, 3.05) is 31.6 Å². The minimum Gasteiger partial charge on any atom is -0.492 e. The Bertz CT molecular complexity index is 980. The van der Waals surface area contributed by atoms with Crippen LogP contribution in [0.25, 0.3) is 0 Å². The number of benzene rings is 2. The number of para-hydroxylation sites is 2. The smallest absolute Gasteiger partial charge is 0.243 e. The Morgan fingerprint density at radius 1 is 1.10 bits per heavy atom. The van der Waals surface area contributed by atoms with Crippen LogP contribution in [0.2, 0.25) is 0 Å². The molecule has 1 aliphatic heterocycles. The average molecular weight is 431 g/mol. The lowest BCUT2D eigenvalue weighted by molar-refractivity contribution is 0.101. The first-order valence-corrected chi connectivity index (χ1v) is 11.8. The van der Waals surface area contributed by atoms with E-state index < -0.39 is 10.0 Å². The second kappa shape index (κ2) is 9.62. The Kier molecular flexibility index (Phi) is 7.15. The highest BCUT2D eigenvalue weighted by molar-refractivity contribution is 7.89. The number of nitrogens with zero attached hydrogens (tertiary/aromatic N) is 1. The third kappa shape index (κ3) is 5.21. The molecular formula is C23H30N2O4S. The predicted molar refractivity (Wildman–Crippen MR) is 119 cm³/mol. The van der Waals surface area contributed by atoms with Gasteiger partial charge in [0.15, 0.2) is 5.78 Å². The second-order valence-electron chi connectivity index (χ2n) is 8.00. The lowest BCUT2D eigenvalue weighted by atomic mass is 9.94. The van der Waals surface area contributed by atoms with Gasteiger partial charge in [-0.1, -0.05) is 38.1 Å². The zero-order valence-electron chi connectivity index (χ0n) is 17.8. The number of nitrogens with one attached hydrogen (secondary N) is 1. The Hall–Kier alpha value is -2.38. The van der Waals surface area contributed by atoms with Crippen molar-refractivity contribution >= 4 is 21.5 Å². The van der Waals surface area contributed by atoms with E-state index >= 15 is 0 Å². The van der Waals surface area contributed by atoms with Gasteiger partial charge in [-0.3, -0.25) is 4.79 Å². The first-order valence-electron chi connectivity index (χ1n) is 10.4. The van der Waals surface area contributed by atoms with Gasteiger partial charge in [0.2, 0.25) is 10.0 Å². The van der Waals surface area contributed by atoms with E-state index in [9.17, 15) is 13.2 Å². The van der Waals surface area contributed by atoms with Gasteiger partial charge in [0.1, 0.15) is 5.75 Å². The largest absolute Gasteiger partial charge is 0.492 e. The van der Waals surface area contributed by atoms with Crippen LogP contribution in [0.5, 0.6) is 5.75 Å². The Morgan fingerprint density at radius 3 is 2.50 bits per heavy atom. The highest BCUT2D eigenvalue weighted by Gasteiger charge is 2.31. The topological polar surface area (TPSA) is 75.7 Å². The van der Waals surface area contributed by atoms with E-state index in [1.54, 1.807) is 22.5 Å². The summed E-state index contributed by atoms with van der Waals surface area (Å²) in [6, 6.07) is 13.7. The number of sulfonamides is 1. The highest BCUT2D eigenvalue weighted by Crippen LogP contribution is 2.27. The maximum absolute atomic E-state index is 13.1. The van der Waals surface area contributed by atoms with E-state index in [1.165, 1.54) is 6.07 Å². The highest BCUT2D eigenvalue weighted by atomic mass is 32.2. The molecular weight excluding hydrogens is 400 g/mol. The summed E-state index contributed by atoms with van der Waals surface area (Å²) in [7, 11) is -3.62. The fourth-order valence-electron chi connectivity index (χ4n) is 3.95. The molecule has 1 saturated heterocycles. The van der Waals surface area contributed by atoms with Crippen molar-refractivity contribution in [2.24, 2.45) is 11.8 Å². The number of ether oxygens (including phenoxy) is 1. The van der Waals surface area contributed by atoms with Crippen LogP contribution in [-0.4, -0.2) is 44.7 Å². The number of carbonyl (C=O) groups excluding carboxylic acids is 1. The van der Waals surface area contributed by atoms with Crippen LogP contribution in [0.3, 0.4) is 0 Å². The molecule has 1 fully saturated rings. The molecule has 0 radical (unpaired) electrons.